The van der Waals surface area contributed by atoms with Crippen molar-refractivity contribution in [3.63, 3.8) is 0 Å². The van der Waals surface area contributed by atoms with Gasteiger partial charge in [0.15, 0.2) is 0 Å². The molecule has 0 atom stereocenters. The van der Waals surface area contributed by atoms with E-state index < -0.39 is 0 Å². The van der Waals surface area contributed by atoms with Crippen LogP contribution in [0.5, 0.6) is 0 Å². The maximum Gasteiger partial charge on any atom is 0.0724 e. The Morgan fingerprint density at radius 1 is 1.06 bits per heavy atom. The van der Waals surface area contributed by atoms with E-state index in [0.29, 0.717) is 6.61 Å². The van der Waals surface area contributed by atoms with E-state index in [1.54, 1.807) is 0 Å². The summed E-state index contributed by atoms with van der Waals surface area (Å²) in [6.45, 7) is 13.4. The lowest BCUT2D eigenvalue weighted by Crippen LogP contribution is -2.26. The molecule has 0 unspecified atom stereocenters. The van der Waals surface area contributed by atoms with Crippen molar-refractivity contribution in [1.82, 2.24) is 0 Å². The van der Waals surface area contributed by atoms with Gasteiger partial charge in [-0.2, -0.15) is 0 Å². The third-order valence-corrected chi connectivity index (χ3v) is 2.12. The van der Waals surface area contributed by atoms with E-state index in [9.17, 15) is 0 Å². The Morgan fingerprint density at radius 3 is 2.24 bits per heavy atom. The van der Waals surface area contributed by atoms with E-state index >= 15 is 0 Å². The maximum absolute atomic E-state index is 5.77. The smallest absolute Gasteiger partial charge is 0.0724 e. The minimum Gasteiger partial charge on any atom is -0.380 e. The second-order valence-corrected chi connectivity index (χ2v) is 6.48. The van der Waals surface area contributed by atoms with E-state index in [1.165, 1.54) is 5.56 Å². The summed E-state index contributed by atoms with van der Waals surface area (Å²) in [4.78, 5) is 0. The summed E-state index contributed by atoms with van der Waals surface area (Å²) < 4.78 is 5.77. The summed E-state index contributed by atoms with van der Waals surface area (Å²) in [5, 5.41) is 3.46. The normalized spacial score (nSPS) is 12.6. The number of hydrogen-bond acceptors (Lipinski definition) is 2. The zero-order valence-corrected chi connectivity index (χ0v) is 11.9. The van der Waals surface area contributed by atoms with Gasteiger partial charge < -0.3 is 10.1 Å². The molecule has 0 radical (unpaired) electrons. The van der Waals surface area contributed by atoms with Crippen LogP contribution in [-0.2, 0) is 11.3 Å². The van der Waals surface area contributed by atoms with Gasteiger partial charge in [-0.25, -0.2) is 0 Å². The van der Waals surface area contributed by atoms with Gasteiger partial charge in [0.1, 0.15) is 0 Å². The molecular weight excluding hydrogens is 210 g/mol. The highest BCUT2D eigenvalue weighted by molar-refractivity contribution is 5.47. The number of nitrogens with one attached hydrogen (secondary N) is 1. The number of hydrogen-bond donors (Lipinski definition) is 1. The molecule has 17 heavy (non-hydrogen) atoms. The quantitative estimate of drug-likeness (QED) is 0.847. The van der Waals surface area contributed by atoms with E-state index in [1.807, 2.05) is 0 Å². The van der Waals surface area contributed by atoms with E-state index in [2.05, 4.69) is 71.1 Å². The van der Waals surface area contributed by atoms with Gasteiger partial charge in [0.05, 0.1) is 12.2 Å². The first-order chi connectivity index (χ1) is 7.66. The Hall–Kier alpha value is -1.02. The molecule has 0 amide bonds. The van der Waals surface area contributed by atoms with Crippen LogP contribution in [0, 0.1) is 0 Å². The number of rotatable bonds is 3. The summed E-state index contributed by atoms with van der Waals surface area (Å²) in [6.07, 6.45) is 0. The van der Waals surface area contributed by atoms with Gasteiger partial charge in [0, 0.05) is 11.2 Å². The van der Waals surface area contributed by atoms with Crippen LogP contribution < -0.4 is 5.32 Å². The number of benzene rings is 1. The second kappa shape index (κ2) is 5.09. The second-order valence-electron chi connectivity index (χ2n) is 6.48. The lowest BCUT2D eigenvalue weighted by molar-refractivity contribution is -0.0149. The fraction of sp³-hybridized carbons (Fsp3) is 0.600. The summed E-state index contributed by atoms with van der Waals surface area (Å²) in [5.41, 5.74) is 2.35. The summed E-state index contributed by atoms with van der Waals surface area (Å²) in [5.74, 6) is 0. The van der Waals surface area contributed by atoms with Gasteiger partial charge in [-0.1, -0.05) is 12.1 Å². The first kappa shape index (κ1) is 14.0. The highest BCUT2D eigenvalue weighted by atomic mass is 16.5. The molecule has 1 aromatic carbocycles. The van der Waals surface area contributed by atoms with Crippen LogP contribution in [-0.4, -0.2) is 11.1 Å². The molecule has 0 saturated heterocycles. The average molecular weight is 235 g/mol. The third kappa shape index (κ3) is 6.32. The highest BCUT2D eigenvalue weighted by Crippen LogP contribution is 2.18. The van der Waals surface area contributed by atoms with Crippen molar-refractivity contribution in [1.29, 1.82) is 0 Å². The fourth-order valence-electron chi connectivity index (χ4n) is 1.47. The molecule has 1 rings (SSSR count). The molecule has 0 bridgehead atoms. The van der Waals surface area contributed by atoms with Crippen molar-refractivity contribution >= 4 is 5.69 Å². The van der Waals surface area contributed by atoms with Gasteiger partial charge in [-0.15, -0.1) is 0 Å². The molecule has 1 N–H and O–H groups in total. The first-order valence-electron chi connectivity index (χ1n) is 6.17. The lowest BCUT2D eigenvalue weighted by atomic mass is 10.1. The van der Waals surface area contributed by atoms with Gasteiger partial charge in [-0.05, 0) is 59.2 Å². The number of ether oxygens (including phenoxy) is 1. The minimum atomic E-state index is -0.0898. The van der Waals surface area contributed by atoms with Crippen molar-refractivity contribution in [2.45, 2.75) is 59.3 Å². The molecule has 2 nitrogen and oxygen atoms in total. The van der Waals surface area contributed by atoms with Gasteiger partial charge in [-0.3, -0.25) is 0 Å². The first-order valence-corrected chi connectivity index (χ1v) is 6.17. The van der Waals surface area contributed by atoms with Crippen LogP contribution >= 0.6 is 0 Å². The van der Waals surface area contributed by atoms with Gasteiger partial charge in [0.25, 0.3) is 0 Å². The Morgan fingerprint density at radius 2 is 1.71 bits per heavy atom. The number of anilines is 1. The largest absolute Gasteiger partial charge is 0.380 e. The van der Waals surface area contributed by atoms with Crippen LogP contribution in [0.1, 0.15) is 47.1 Å². The average Bonchev–Trinajstić information content (AvgIpc) is 2.11. The Bertz CT molecular complexity index is 358. The van der Waals surface area contributed by atoms with Crippen molar-refractivity contribution in [3.05, 3.63) is 29.8 Å². The Balaban J connectivity index is 2.66. The highest BCUT2D eigenvalue weighted by Gasteiger charge is 2.11. The molecule has 0 aromatic heterocycles. The molecule has 0 heterocycles. The zero-order chi connectivity index (χ0) is 13.1. The fourth-order valence-corrected chi connectivity index (χ4v) is 1.47. The molecule has 2 heteroatoms. The van der Waals surface area contributed by atoms with Crippen LogP contribution in [0.3, 0.4) is 0 Å². The van der Waals surface area contributed by atoms with Crippen LogP contribution in [0.25, 0.3) is 0 Å². The van der Waals surface area contributed by atoms with Gasteiger partial charge >= 0.3 is 0 Å². The predicted octanol–water partition coefficient (Wildman–Crippen LogP) is 4.21. The molecule has 96 valence electrons. The predicted molar refractivity (Wildman–Crippen MR) is 74.4 cm³/mol. The SMILES string of the molecule is CC(C)(C)Nc1cccc(COC(C)(C)C)c1. The Labute approximate surface area is 105 Å². The van der Waals surface area contributed by atoms with Crippen LogP contribution in [0.2, 0.25) is 0 Å². The molecule has 0 aliphatic carbocycles. The van der Waals surface area contributed by atoms with E-state index in [0.717, 1.165) is 5.69 Å². The standard InChI is InChI=1S/C15H25NO/c1-14(2,3)16-13-9-7-8-12(10-13)11-17-15(4,5)6/h7-10,16H,11H2,1-6H3. The van der Waals surface area contributed by atoms with Gasteiger partial charge in [0.2, 0.25) is 0 Å². The summed E-state index contributed by atoms with van der Waals surface area (Å²) >= 11 is 0. The summed E-state index contributed by atoms with van der Waals surface area (Å²) in [7, 11) is 0. The molecule has 0 spiro atoms. The zero-order valence-electron chi connectivity index (χ0n) is 11.9. The third-order valence-electron chi connectivity index (χ3n) is 2.12. The molecule has 0 fully saturated rings. The monoisotopic (exact) mass is 235 g/mol. The molecule has 0 aliphatic heterocycles. The Kier molecular flexibility index (Phi) is 4.21. The van der Waals surface area contributed by atoms with Crippen molar-refractivity contribution < 1.29 is 4.74 Å². The summed E-state index contributed by atoms with van der Waals surface area (Å²) in [6, 6.07) is 8.40. The van der Waals surface area contributed by atoms with Crippen molar-refractivity contribution in [2.24, 2.45) is 0 Å². The lowest BCUT2D eigenvalue weighted by Gasteiger charge is -2.23. The van der Waals surface area contributed by atoms with Crippen molar-refractivity contribution in [3.8, 4) is 0 Å². The minimum absolute atomic E-state index is 0.0868. The molecule has 0 saturated carbocycles. The van der Waals surface area contributed by atoms with E-state index in [4.69, 9.17) is 4.74 Å². The topological polar surface area (TPSA) is 21.3 Å². The van der Waals surface area contributed by atoms with Crippen LogP contribution in [0.4, 0.5) is 5.69 Å². The molecular formula is C15H25NO. The molecule has 0 aliphatic rings. The van der Waals surface area contributed by atoms with Crippen molar-refractivity contribution in [2.75, 3.05) is 5.32 Å². The maximum atomic E-state index is 5.77. The van der Waals surface area contributed by atoms with E-state index in [-0.39, 0.29) is 11.1 Å². The van der Waals surface area contributed by atoms with Crippen LogP contribution in [0.15, 0.2) is 24.3 Å². The molecule has 1 aromatic rings.